The Morgan fingerprint density at radius 3 is 3.00 bits per heavy atom. The van der Waals surface area contributed by atoms with Gasteiger partial charge in [0, 0.05) is 38.6 Å². The van der Waals surface area contributed by atoms with Crippen molar-refractivity contribution in [3.63, 3.8) is 0 Å². The van der Waals surface area contributed by atoms with Crippen molar-refractivity contribution in [2.45, 2.75) is 25.7 Å². The highest BCUT2D eigenvalue weighted by Gasteiger charge is 2.17. The lowest BCUT2D eigenvalue weighted by atomic mass is 9.98. The Morgan fingerprint density at radius 1 is 1.44 bits per heavy atom. The molecule has 0 saturated carbocycles. The Kier molecular flexibility index (Phi) is 5.15. The van der Waals surface area contributed by atoms with Crippen LogP contribution in [0.25, 0.3) is 0 Å². The number of carbonyl (C=O) groups is 1. The van der Waals surface area contributed by atoms with Gasteiger partial charge in [-0.1, -0.05) is 0 Å². The predicted octanol–water partition coefficient (Wildman–Crippen LogP) is 1.56. The van der Waals surface area contributed by atoms with Crippen LogP contribution in [0.1, 0.15) is 24.8 Å². The lowest BCUT2D eigenvalue weighted by Crippen LogP contribution is -2.30. The molecule has 0 radical (unpaired) electrons. The van der Waals surface area contributed by atoms with Crippen LogP contribution in [0.15, 0.2) is 24.5 Å². The van der Waals surface area contributed by atoms with Gasteiger partial charge in [-0.15, -0.1) is 0 Å². The summed E-state index contributed by atoms with van der Waals surface area (Å²) in [5.41, 5.74) is 1.20. The maximum atomic E-state index is 11.7. The van der Waals surface area contributed by atoms with Crippen LogP contribution in [-0.4, -0.2) is 30.6 Å². The molecule has 0 aromatic carbocycles. The molecule has 4 nitrogen and oxygen atoms in total. The van der Waals surface area contributed by atoms with Gasteiger partial charge in [-0.05, 0) is 42.9 Å². The fourth-order valence-electron chi connectivity index (χ4n) is 2.20. The molecule has 1 atom stereocenters. The fraction of sp³-hybridized carbons (Fsp3) is 0.571. The summed E-state index contributed by atoms with van der Waals surface area (Å²) in [5, 5.41) is 2.96. The monoisotopic (exact) mass is 248 g/mol. The molecule has 1 fully saturated rings. The minimum absolute atomic E-state index is 0.138. The minimum atomic E-state index is 0.138. The summed E-state index contributed by atoms with van der Waals surface area (Å²) in [6.45, 7) is 2.27. The molecule has 2 heterocycles. The van der Waals surface area contributed by atoms with Crippen LogP contribution in [0.2, 0.25) is 0 Å². The van der Waals surface area contributed by atoms with Crippen molar-refractivity contribution in [3.8, 4) is 0 Å². The number of pyridine rings is 1. The van der Waals surface area contributed by atoms with E-state index in [0.717, 1.165) is 32.5 Å². The number of hydrogen-bond donors (Lipinski definition) is 1. The highest BCUT2D eigenvalue weighted by Crippen LogP contribution is 2.16. The molecule has 1 unspecified atom stereocenters. The second kappa shape index (κ2) is 7.11. The zero-order valence-electron chi connectivity index (χ0n) is 10.6. The molecular weight excluding hydrogens is 228 g/mol. The van der Waals surface area contributed by atoms with Crippen molar-refractivity contribution in [1.29, 1.82) is 0 Å². The Hall–Kier alpha value is -1.42. The number of amides is 1. The number of hydrogen-bond acceptors (Lipinski definition) is 3. The predicted molar refractivity (Wildman–Crippen MR) is 69.1 cm³/mol. The molecule has 0 spiro atoms. The molecule has 1 aromatic heterocycles. The quantitative estimate of drug-likeness (QED) is 0.860. The second-order valence-corrected chi connectivity index (χ2v) is 4.74. The summed E-state index contributed by atoms with van der Waals surface area (Å²) < 4.78 is 5.37. The largest absolute Gasteiger partial charge is 0.381 e. The van der Waals surface area contributed by atoms with Crippen molar-refractivity contribution in [1.82, 2.24) is 10.3 Å². The molecular formula is C14H20N2O2. The number of nitrogens with one attached hydrogen (secondary N) is 1. The van der Waals surface area contributed by atoms with Gasteiger partial charge in [0.2, 0.25) is 5.91 Å². The van der Waals surface area contributed by atoms with Gasteiger partial charge >= 0.3 is 0 Å². The van der Waals surface area contributed by atoms with Crippen molar-refractivity contribution in [2.24, 2.45) is 5.92 Å². The lowest BCUT2D eigenvalue weighted by Gasteiger charge is -2.21. The second-order valence-electron chi connectivity index (χ2n) is 4.74. The molecule has 1 aliphatic heterocycles. The van der Waals surface area contributed by atoms with Gasteiger partial charge in [0.1, 0.15) is 0 Å². The molecule has 4 heteroatoms. The van der Waals surface area contributed by atoms with Gasteiger partial charge in [0.15, 0.2) is 0 Å². The maximum absolute atomic E-state index is 11.7. The Bertz CT molecular complexity index is 361. The average molecular weight is 248 g/mol. The van der Waals surface area contributed by atoms with Gasteiger partial charge in [-0.2, -0.15) is 0 Å². The summed E-state index contributed by atoms with van der Waals surface area (Å²) >= 11 is 0. The van der Waals surface area contributed by atoms with E-state index in [1.165, 1.54) is 5.56 Å². The highest BCUT2D eigenvalue weighted by atomic mass is 16.5. The fourth-order valence-corrected chi connectivity index (χ4v) is 2.20. The first-order valence-corrected chi connectivity index (χ1v) is 6.58. The minimum Gasteiger partial charge on any atom is -0.381 e. The maximum Gasteiger partial charge on any atom is 0.220 e. The number of ether oxygens (including phenoxy) is 1. The first-order valence-electron chi connectivity index (χ1n) is 6.58. The summed E-state index contributed by atoms with van der Waals surface area (Å²) in [7, 11) is 0. The van der Waals surface area contributed by atoms with Crippen LogP contribution >= 0.6 is 0 Å². The molecule has 18 heavy (non-hydrogen) atoms. The first-order chi connectivity index (χ1) is 8.84. The molecule has 2 rings (SSSR count). The van der Waals surface area contributed by atoms with Gasteiger partial charge in [0.25, 0.3) is 0 Å². The van der Waals surface area contributed by atoms with Crippen molar-refractivity contribution >= 4 is 5.91 Å². The van der Waals surface area contributed by atoms with Crippen molar-refractivity contribution in [2.75, 3.05) is 19.8 Å². The Morgan fingerprint density at radius 2 is 2.28 bits per heavy atom. The first kappa shape index (κ1) is 13.0. The molecule has 0 aliphatic carbocycles. The average Bonchev–Trinajstić information content (AvgIpc) is 2.41. The van der Waals surface area contributed by atoms with Crippen LogP contribution in [-0.2, 0) is 16.0 Å². The third-order valence-electron chi connectivity index (χ3n) is 3.21. The molecule has 1 amide bonds. The van der Waals surface area contributed by atoms with E-state index in [4.69, 9.17) is 4.74 Å². The summed E-state index contributed by atoms with van der Waals surface area (Å²) in [6.07, 6.45) is 7.19. The standard InChI is InChI=1S/C14H20N2O2/c17-14(10-13-2-1-9-18-11-13)16-8-5-12-3-6-15-7-4-12/h3-4,6-7,13H,1-2,5,8-11H2,(H,16,17). The SMILES string of the molecule is O=C(CC1CCCOC1)NCCc1ccncc1. The molecule has 1 aromatic rings. The molecule has 1 saturated heterocycles. The number of nitrogens with zero attached hydrogens (tertiary/aromatic N) is 1. The van der Waals surface area contributed by atoms with Crippen LogP contribution in [0.5, 0.6) is 0 Å². The topological polar surface area (TPSA) is 51.2 Å². The highest BCUT2D eigenvalue weighted by molar-refractivity contribution is 5.76. The number of carbonyl (C=O) groups excluding carboxylic acids is 1. The van der Waals surface area contributed by atoms with Crippen molar-refractivity contribution in [3.05, 3.63) is 30.1 Å². The third kappa shape index (κ3) is 4.45. The van der Waals surface area contributed by atoms with Gasteiger partial charge in [0.05, 0.1) is 0 Å². The van der Waals surface area contributed by atoms with E-state index in [0.29, 0.717) is 18.9 Å². The molecule has 98 valence electrons. The molecule has 0 bridgehead atoms. The Labute approximate surface area is 108 Å². The van der Waals surface area contributed by atoms with Crippen LogP contribution < -0.4 is 5.32 Å². The Balaban J connectivity index is 1.62. The number of aromatic nitrogens is 1. The van der Waals surface area contributed by atoms with E-state index >= 15 is 0 Å². The molecule has 1 aliphatic rings. The normalized spacial score (nSPS) is 19.4. The molecule has 1 N–H and O–H groups in total. The van der Waals surface area contributed by atoms with E-state index < -0.39 is 0 Å². The lowest BCUT2D eigenvalue weighted by molar-refractivity contribution is -0.123. The van der Waals surface area contributed by atoms with Crippen molar-refractivity contribution < 1.29 is 9.53 Å². The summed E-state index contributed by atoms with van der Waals surface area (Å²) in [4.78, 5) is 15.7. The van der Waals surface area contributed by atoms with Gasteiger partial charge in [-0.3, -0.25) is 9.78 Å². The van der Waals surface area contributed by atoms with E-state index in [-0.39, 0.29) is 5.91 Å². The van der Waals surface area contributed by atoms with Crippen LogP contribution in [0, 0.1) is 5.92 Å². The summed E-state index contributed by atoms with van der Waals surface area (Å²) in [6, 6.07) is 3.95. The van der Waals surface area contributed by atoms with Crippen LogP contribution in [0.3, 0.4) is 0 Å². The van der Waals surface area contributed by atoms with Gasteiger partial charge in [-0.25, -0.2) is 0 Å². The third-order valence-corrected chi connectivity index (χ3v) is 3.21. The van der Waals surface area contributed by atoms with E-state index in [1.807, 2.05) is 12.1 Å². The van der Waals surface area contributed by atoms with E-state index in [1.54, 1.807) is 12.4 Å². The van der Waals surface area contributed by atoms with E-state index in [2.05, 4.69) is 10.3 Å². The van der Waals surface area contributed by atoms with Gasteiger partial charge < -0.3 is 10.1 Å². The zero-order valence-corrected chi connectivity index (χ0v) is 10.6. The summed E-state index contributed by atoms with van der Waals surface area (Å²) in [5.74, 6) is 0.541. The van der Waals surface area contributed by atoms with Crippen LogP contribution in [0.4, 0.5) is 0 Å². The van der Waals surface area contributed by atoms with E-state index in [9.17, 15) is 4.79 Å². The zero-order chi connectivity index (χ0) is 12.6. The smallest absolute Gasteiger partial charge is 0.220 e. The number of rotatable bonds is 5.